The third-order valence-electron chi connectivity index (χ3n) is 6.95. The zero-order valence-electron chi connectivity index (χ0n) is 20.1. The number of fused-ring (bicyclic) bond motifs is 1. The summed E-state index contributed by atoms with van der Waals surface area (Å²) in [6, 6.07) is 3.91. The number of halogens is 1. The second-order valence-corrected chi connectivity index (χ2v) is 9.83. The lowest BCUT2D eigenvalue weighted by atomic mass is 9.84. The van der Waals surface area contributed by atoms with Crippen molar-refractivity contribution in [3.8, 4) is 22.8 Å². The minimum atomic E-state index is -0.640. The van der Waals surface area contributed by atoms with E-state index in [9.17, 15) is 4.79 Å². The summed E-state index contributed by atoms with van der Waals surface area (Å²) >= 11 is 6.32. The molecule has 0 aliphatic heterocycles. The minimum absolute atomic E-state index is 0.0686. The van der Waals surface area contributed by atoms with Crippen molar-refractivity contribution in [2.75, 3.05) is 13.7 Å². The van der Waals surface area contributed by atoms with Gasteiger partial charge in [-0.1, -0.05) is 42.9 Å². The van der Waals surface area contributed by atoms with Gasteiger partial charge in [0.25, 0.3) is 0 Å². The first kappa shape index (κ1) is 23.7. The molecule has 0 aromatic carbocycles. The van der Waals surface area contributed by atoms with Crippen LogP contribution in [-0.4, -0.2) is 43.4 Å². The number of pyridine rings is 2. The Morgan fingerprint density at radius 2 is 2.00 bits per heavy atom. The third-order valence-corrected chi connectivity index (χ3v) is 7.16. The van der Waals surface area contributed by atoms with E-state index in [1.54, 1.807) is 19.5 Å². The number of methoxy groups -OCH3 is 1. The molecule has 4 aromatic rings. The quantitative estimate of drug-likeness (QED) is 0.365. The average Bonchev–Trinajstić information content (AvgIpc) is 3.47. The Balaban J connectivity index is 1.80. The molecule has 4 aromatic heterocycles. The van der Waals surface area contributed by atoms with E-state index in [1.807, 2.05) is 12.1 Å². The second kappa shape index (κ2) is 9.91. The summed E-state index contributed by atoms with van der Waals surface area (Å²) in [4.78, 5) is 28.5. The normalized spacial score (nSPS) is 16.6. The number of ether oxygens (including phenoxy) is 1. The van der Waals surface area contributed by atoms with Crippen LogP contribution in [0.5, 0.6) is 0 Å². The first-order chi connectivity index (χ1) is 17.0. The van der Waals surface area contributed by atoms with Crippen molar-refractivity contribution in [3.63, 3.8) is 0 Å². The highest BCUT2D eigenvalue weighted by Gasteiger charge is 2.29. The van der Waals surface area contributed by atoms with E-state index in [1.165, 1.54) is 32.1 Å². The van der Waals surface area contributed by atoms with Crippen LogP contribution in [-0.2, 0) is 4.74 Å². The maximum Gasteiger partial charge on any atom is 0.439 e. The highest BCUT2D eigenvalue weighted by Crippen LogP contribution is 2.40. The highest BCUT2D eigenvalue weighted by molar-refractivity contribution is 6.30. The van der Waals surface area contributed by atoms with Crippen LogP contribution in [0.15, 0.2) is 33.8 Å². The van der Waals surface area contributed by atoms with Gasteiger partial charge in [0, 0.05) is 37.0 Å². The van der Waals surface area contributed by atoms with Gasteiger partial charge in [-0.25, -0.2) is 14.8 Å². The van der Waals surface area contributed by atoms with E-state index in [-0.39, 0.29) is 17.8 Å². The lowest BCUT2D eigenvalue weighted by molar-refractivity contribution is 0.177. The van der Waals surface area contributed by atoms with Crippen molar-refractivity contribution < 1.29 is 9.26 Å². The van der Waals surface area contributed by atoms with Gasteiger partial charge in [-0.05, 0) is 37.8 Å². The number of hydrogen-bond acceptors (Lipinski definition) is 7. The smallest absolute Gasteiger partial charge is 0.384 e. The van der Waals surface area contributed by atoms with Crippen molar-refractivity contribution in [1.82, 2.24) is 29.7 Å². The molecule has 0 amide bonds. The fraction of sp³-hybridized carbons (Fsp3) is 0.480. The number of aromatic nitrogens is 6. The number of imidazole rings is 1. The van der Waals surface area contributed by atoms with Crippen LogP contribution < -0.4 is 5.76 Å². The molecular weight excluding hydrogens is 468 g/mol. The molecule has 1 aliphatic rings. The molecule has 184 valence electrons. The number of H-pyrrole nitrogens is 1. The van der Waals surface area contributed by atoms with Gasteiger partial charge in [-0.15, -0.1) is 0 Å². The zero-order valence-corrected chi connectivity index (χ0v) is 20.9. The fourth-order valence-corrected chi connectivity index (χ4v) is 5.43. The Morgan fingerprint density at radius 1 is 1.20 bits per heavy atom. The summed E-state index contributed by atoms with van der Waals surface area (Å²) in [5.74, 6) is 1.17. The predicted molar refractivity (Wildman–Crippen MR) is 133 cm³/mol. The lowest BCUT2D eigenvalue weighted by Gasteiger charge is -2.31. The largest absolute Gasteiger partial charge is 0.439 e. The number of nitrogens with zero attached hydrogens (tertiary/aromatic N) is 5. The van der Waals surface area contributed by atoms with E-state index in [0.29, 0.717) is 28.9 Å². The van der Waals surface area contributed by atoms with Crippen LogP contribution in [0.25, 0.3) is 33.8 Å². The van der Waals surface area contributed by atoms with Gasteiger partial charge in [0.1, 0.15) is 11.5 Å². The monoisotopic (exact) mass is 496 g/mol. The molecule has 0 bridgehead atoms. The topological polar surface area (TPSA) is 112 Å². The molecule has 35 heavy (non-hydrogen) atoms. The molecular formula is C25H29ClN6O3. The molecule has 1 aliphatic carbocycles. The van der Waals surface area contributed by atoms with Gasteiger partial charge in [-0.2, -0.15) is 0 Å². The molecule has 5 rings (SSSR count). The van der Waals surface area contributed by atoms with Gasteiger partial charge >= 0.3 is 5.76 Å². The lowest BCUT2D eigenvalue weighted by Crippen LogP contribution is -2.23. The van der Waals surface area contributed by atoms with Crippen molar-refractivity contribution >= 4 is 22.6 Å². The summed E-state index contributed by atoms with van der Waals surface area (Å²) in [5.41, 5.74) is 3.58. The molecule has 4 heterocycles. The van der Waals surface area contributed by atoms with Gasteiger partial charge in [-0.3, -0.25) is 14.5 Å². The Kier molecular flexibility index (Phi) is 6.71. The minimum Gasteiger partial charge on any atom is -0.384 e. The molecule has 1 N–H and O–H groups in total. The molecule has 2 atom stereocenters. The highest BCUT2D eigenvalue weighted by atomic mass is 35.5. The van der Waals surface area contributed by atoms with E-state index in [4.69, 9.17) is 30.8 Å². The maximum atomic E-state index is 11.6. The Labute approximate surface area is 207 Å². The SMILES string of the molecule is COCC(C)c1nc2cc(-c3noc(=O)[nH]3)nc(-c3cncc(Cl)c3)c2n1C(C)C1CCCCC1. The predicted octanol–water partition coefficient (Wildman–Crippen LogP) is 5.38. The standard InChI is InChI=1S/C25H29ClN6O3/c1-14(13-34-3)24-29-19-10-20(23-30-25(33)35-31-23)28-21(17-9-18(26)12-27-11-17)22(19)32(24)15(2)16-7-5-4-6-8-16/h9-12,14-16H,4-8,13H2,1-3H3,(H,30,31,33). The maximum absolute atomic E-state index is 11.6. The van der Waals surface area contributed by atoms with Crippen LogP contribution >= 0.6 is 11.6 Å². The number of nitrogens with one attached hydrogen (secondary N) is 1. The third kappa shape index (κ3) is 4.62. The van der Waals surface area contributed by atoms with Crippen LogP contribution in [0.2, 0.25) is 5.02 Å². The van der Waals surface area contributed by atoms with Crippen LogP contribution in [0.4, 0.5) is 0 Å². The summed E-state index contributed by atoms with van der Waals surface area (Å²) in [6.45, 7) is 4.95. The molecule has 2 unspecified atom stereocenters. The van der Waals surface area contributed by atoms with Crippen molar-refractivity contribution in [2.24, 2.45) is 5.92 Å². The Morgan fingerprint density at radius 3 is 2.69 bits per heavy atom. The van der Waals surface area contributed by atoms with Crippen LogP contribution in [0, 0.1) is 5.92 Å². The van der Waals surface area contributed by atoms with E-state index in [0.717, 1.165) is 22.4 Å². The molecule has 9 nitrogen and oxygen atoms in total. The van der Waals surface area contributed by atoms with Crippen LogP contribution in [0.3, 0.4) is 0 Å². The van der Waals surface area contributed by atoms with Gasteiger partial charge in [0.15, 0.2) is 0 Å². The zero-order chi connectivity index (χ0) is 24.5. The average molecular weight is 497 g/mol. The van der Waals surface area contributed by atoms with E-state index >= 15 is 0 Å². The van der Waals surface area contributed by atoms with Gasteiger partial charge in [0.05, 0.1) is 28.4 Å². The fourth-order valence-electron chi connectivity index (χ4n) is 5.26. The van der Waals surface area contributed by atoms with Crippen LogP contribution in [0.1, 0.15) is 63.7 Å². The molecule has 1 saturated carbocycles. The molecule has 0 radical (unpaired) electrons. The van der Waals surface area contributed by atoms with Crippen molar-refractivity contribution in [1.29, 1.82) is 0 Å². The van der Waals surface area contributed by atoms with E-state index < -0.39 is 5.76 Å². The molecule has 0 spiro atoms. The first-order valence-corrected chi connectivity index (χ1v) is 12.4. The van der Waals surface area contributed by atoms with Crippen molar-refractivity contribution in [3.05, 3.63) is 45.9 Å². The molecule has 10 heteroatoms. The summed E-state index contributed by atoms with van der Waals surface area (Å²) in [5, 5.41) is 4.36. The Bertz CT molecular complexity index is 1390. The summed E-state index contributed by atoms with van der Waals surface area (Å²) < 4.78 is 12.6. The molecule has 1 fully saturated rings. The molecule has 0 saturated heterocycles. The van der Waals surface area contributed by atoms with Crippen molar-refractivity contribution in [2.45, 2.75) is 57.9 Å². The summed E-state index contributed by atoms with van der Waals surface area (Å²) in [7, 11) is 1.71. The van der Waals surface area contributed by atoms with E-state index in [2.05, 4.69) is 33.5 Å². The first-order valence-electron chi connectivity index (χ1n) is 12.1. The number of hydrogen-bond donors (Lipinski definition) is 1. The summed E-state index contributed by atoms with van der Waals surface area (Å²) in [6.07, 6.45) is 9.51. The van der Waals surface area contributed by atoms with Gasteiger partial charge in [0.2, 0.25) is 5.82 Å². The second-order valence-electron chi connectivity index (χ2n) is 9.39. The Hall–Kier alpha value is -3.04. The number of rotatable bonds is 7. The number of aromatic amines is 1. The van der Waals surface area contributed by atoms with Gasteiger partial charge < -0.3 is 9.30 Å².